The molecule has 4 aromatic rings. The fourth-order valence-corrected chi connectivity index (χ4v) is 4.80. The molecule has 0 bridgehead atoms. The van der Waals surface area contributed by atoms with Crippen molar-refractivity contribution in [3.63, 3.8) is 0 Å². The van der Waals surface area contributed by atoms with Gasteiger partial charge in [-0.15, -0.1) is 0 Å². The molecule has 1 aliphatic rings. The number of alkyl carbamates (subject to hydrolysis) is 1. The lowest BCUT2D eigenvalue weighted by molar-refractivity contribution is -0.139. The summed E-state index contributed by atoms with van der Waals surface area (Å²) in [6.45, 7) is 2.18. The molecule has 1 amide bonds. The molecule has 0 radical (unpaired) electrons. The Labute approximate surface area is 210 Å². The quantitative estimate of drug-likeness (QED) is 0.332. The predicted octanol–water partition coefficient (Wildman–Crippen LogP) is 6.20. The largest absolute Gasteiger partial charge is 0.480 e. The normalized spacial score (nSPS) is 12.9. The van der Waals surface area contributed by atoms with Crippen molar-refractivity contribution in [2.24, 2.45) is 0 Å². The van der Waals surface area contributed by atoms with Gasteiger partial charge in [-0.05, 0) is 45.9 Å². The second-order valence-electron chi connectivity index (χ2n) is 9.13. The molecule has 0 spiro atoms. The zero-order chi connectivity index (χ0) is 25.1. The molecule has 4 aromatic carbocycles. The summed E-state index contributed by atoms with van der Waals surface area (Å²) in [7, 11) is 0. The van der Waals surface area contributed by atoms with Crippen molar-refractivity contribution < 1.29 is 19.4 Å². The molecule has 0 aliphatic heterocycles. The number of hydrogen-bond acceptors (Lipinski definition) is 3. The second-order valence-corrected chi connectivity index (χ2v) is 9.13. The average molecular weight is 478 g/mol. The number of nitrogens with one attached hydrogen (secondary N) is 1. The molecule has 5 rings (SSSR count). The van der Waals surface area contributed by atoms with Crippen LogP contribution < -0.4 is 5.32 Å². The summed E-state index contributed by atoms with van der Waals surface area (Å²) in [5.74, 6) is -1.19. The van der Waals surface area contributed by atoms with Gasteiger partial charge < -0.3 is 15.2 Å². The van der Waals surface area contributed by atoms with Gasteiger partial charge in [-0.2, -0.15) is 0 Å². The van der Waals surface area contributed by atoms with Gasteiger partial charge >= 0.3 is 12.1 Å². The van der Waals surface area contributed by atoms with E-state index in [0.717, 1.165) is 38.9 Å². The molecule has 0 saturated heterocycles. The number of carboxylic acids is 1. The number of aryl methyl sites for hydroxylation is 1. The summed E-state index contributed by atoms with van der Waals surface area (Å²) in [5.41, 5.74) is 8.65. The maximum Gasteiger partial charge on any atom is 0.407 e. The highest BCUT2D eigenvalue weighted by atomic mass is 16.5. The summed E-state index contributed by atoms with van der Waals surface area (Å²) in [6, 6.07) is 31.0. The first-order valence-electron chi connectivity index (χ1n) is 12.0. The van der Waals surface area contributed by atoms with Crippen LogP contribution >= 0.6 is 0 Å². The zero-order valence-electron chi connectivity index (χ0n) is 20.0. The summed E-state index contributed by atoms with van der Waals surface area (Å²) in [6.07, 6.45) is -0.575. The molecule has 1 atom stereocenters. The van der Waals surface area contributed by atoms with E-state index in [-0.39, 0.29) is 18.9 Å². The minimum absolute atomic E-state index is 0.0826. The zero-order valence-corrected chi connectivity index (χ0v) is 20.0. The number of carbonyl (C=O) groups excluding carboxylic acids is 1. The lowest BCUT2D eigenvalue weighted by Crippen LogP contribution is -2.42. The van der Waals surface area contributed by atoms with Gasteiger partial charge in [-0.3, -0.25) is 0 Å². The van der Waals surface area contributed by atoms with Gasteiger partial charge in [0, 0.05) is 12.3 Å². The standard InChI is InChI=1S/C31H27NO4/c1-20-10-14-22(15-11-20)23-16-12-21(13-17-23)18-29(30(33)34)32-31(35)36-19-28-26-8-4-2-6-24(26)25-7-3-5-9-27(25)28/h2-17,28-29H,18-19H2,1H3,(H,32,35)(H,33,34). The van der Waals surface area contributed by atoms with E-state index >= 15 is 0 Å². The van der Waals surface area contributed by atoms with Crippen LogP contribution in [-0.4, -0.2) is 29.8 Å². The lowest BCUT2D eigenvalue weighted by atomic mass is 9.98. The Hall–Kier alpha value is -4.38. The monoisotopic (exact) mass is 477 g/mol. The molecule has 5 nitrogen and oxygen atoms in total. The van der Waals surface area contributed by atoms with Gasteiger partial charge in [0.1, 0.15) is 12.6 Å². The van der Waals surface area contributed by atoms with Crippen LogP contribution in [0, 0.1) is 6.92 Å². The van der Waals surface area contributed by atoms with Crippen LogP contribution in [-0.2, 0) is 16.0 Å². The molecule has 0 heterocycles. The molecule has 0 aromatic heterocycles. The molecule has 1 unspecified atom stereocenters. The minimum Gasteiger partial charge on any atom is -0.480 e. The topological polar surface area (TPSA) is 75.6 Å². The summed E-state index contributed by atoms with van der Waals surface area (Å²) in [4.78, 5) is 24.5. The number of rotatable bonds is 7. The highest BCUT2D eigenvalue weighted by molar-refractivity contribution is 5.81. The molecule has 36 heavy (non-hydrogen) atoms. The van der Waals surface area contributed by atoms with E-state index in [0.29, 0.717) is 0 Å². The second kappa shape index (κ2) is 10.1. The number of amides is 1. The van der Waals surface area contributed by atoms with E-state index < -0.39 is 18.1 Å². The van der Waals surface area contributed by atoms with Gasteiger partial charge in [0.15, 0.2) is 0 Å². The van der Waals surface area contributed by atoms with Crippen LogP contribution in [0.5, 0.6) is 0 Å². The summed E-state index contributed by atoms with van der Waals surface area (Å²) >= 11 is 0. The van der Waals surface area contributed by atoms with Gasteiger partial charge in [0.2, 0.25) is 0 Å². The van der Waals surface area contributed by atoms with Crippen LogP contribution in [0.1, 0.15) is 28.2 Å². The van der Waals surface area contributed by atoms with Crippen molar-refractivity contribution in [2.75, 3.05) is 6.61 Å². The maximum atomic E-state index is 12.6. The van der Waals surface area contributed by atoms with Gasteiger partial charge in [0.25, 0.3) is 0 Å². The van der Waals surface area contributed by atoms with E-state index in [1.807, 2.05) is 67.6 Å². The Morgan fingerprint density at radius 2 is 1.33 bits per heavy atom. The average Bonchev–Trinajstić information content (AvgIpc) is 3.22. The number of carboxylic acid groups (broad SMARTS) is 1. The van der Waals surface area contributed by atoms with E-state index in [9.17, 15) is 14.7 Å². The lowest BCUT2D eigenvalue weighted by Gasteiger charge is -2.17. The highest BCUT2D eigenvalue weighted by Gasteiger charge is 2.29. The van der Waals surface area contributed by atoms with Crippen molar-refractivity contribution in [2.45, 2.75) is 25.3 Å². The smallest absolute Gasteiger partial charge is 0.407 e. The predicted molar refractivity (Wildman–Crippen MR) is 140 cm³/mol. The van der Waals surface area contributed by atoms with E-state index in [1.165, 1.54) is 5.56 Å². The molecular weight excluding hydrogens is 450 g/mol. The number of carbonyl (C=O) groups is 2. The molecule has 180 valence electrons. The Morgan fingerprint density at radius 1 is 0.806 bits per heavy atom. The summed E-state index contributed by atoms with van der Waals surface area (Å²) < 4.78 is 5.53. The third-order valence-electron chi connectivity index (χ3n) is 6.71. The fourth-order valence-electron chi connectivity index (χ4n) is 4.80. The highest BCUT2D eigenvalue weighted by Crippen LogP contribution is 2.44. The Balaban J connectivity index is 1.22. The number of benzene rings is 4. The van der Waals surface area contributed by atoms with Crippen LogP contribution in [0.2, 0.25) is 0 Å². The first-order chi connectivity index (χ1) is 17.5. The van der Waals surface area contributed by atoms with E-state index in [1.54, 1.807) is 0 Å². The molecule has 5 heteroatoms. The summed E-state index contributed by atoms with van der Waals surface area (Å²) in [5, 5.41) is 12.2. The number of hydrogen-bond donors (Lipinski definition) is 2. The van der Waals surface area contributed by atoms with Crippen molar-refractivity contribution in [1.82, 2.24) is 5.32 Å². The molecule has 0 saturated carbocycles. The Bertz CT molecular complexity index is 1350. The first-order valence-corrected chi connectivity index (χ1v) is 12.0. The van der Waals surface area contributed by atoms with Crippen molar-refractivity contribution in [1.29, 1.82) is 0 Å². The number of fused-ring (bicyclic) bond motifs is 3. The number of aliphatic carboxylic acids is 1. The van der Waals surface area contributed by atoms with Gasteiger partial charge in [0.05, 0.1) is 0 Å². The van der Waals surface area contributed by atoms with E-state index in [4.69, 9.17) is 4.74 Å². The van der Waals surface area contributed by atoms with Crippen LogP contribution in [0.15, 0.2) is 97.1 Å². The molecule has 0 fully saturated rings. The van der Waals surface area contributed by atoms with Gasteiger partial charge in [-0.1, -0.05) is 103 Å². The Kier molecular flexibility index (Phi) is 6.54. The van der Waals surface area contributed by atoms with Crippen molar-refractivity contribution >= 4 is 12.1 Å². The Morgan fingerprint density at radius 3 is 1.89 bits per heavy atom. The SMILES string of the molecule is Cc1ccc(-c2ccc(CC(NC(=O)OCC3c4ccccc4-c4ccccc43)C(=O)O)cc2)cc1. The van der Waals surface area contributed by atoms with Gasteiger partial charge in [-0.25, -0.2) is 9.59 Å². The fraction of sp³-hybridized carbons (Fsp3) is 0.161. The van der Waals surface area contributed by atoms with Crippen molar-refractivity contribution in [3.8, 4) is 22.3 Å². The first kappa shape index (κ1) is 23.4. The third kappa shape index (κ3) is 4.86. The molecule has 1 aliphatic carbocycles. The van der Waals surface area contributed by atoms with Crippen LogP contribution in [0.4, 0.5) is 4.79 Å². The number of ether oxygens (including phenoxy) is 1. The molecular formula is C31H27NO4. The maximum absolute atomic E-state index is 12.6. The van der Waals surface area contributed by atoms with Crippen molar-refractivity contribution in [3.05, 3.63) is 119 Å². The minimum atomic E-state index is -1.11. The third-order valence-corrected chi connectivity index (χ3v) is 6.71. The molecule has 2 N–H and O–H groups in total. The van der Waals surface area contributed by atoms with Crippen LogP contribution in [0.3, 0.4) is 0 Å². The van der Waals surface area contributed by atoms with E-state index in [2.05, 4.69) is 41.7 Å². The van der Waals surface area contributed by atoms with Crippen LogP contribution in [0.25, 0.3) is 22.3 Å².